The van der Waals surface area contributed by atoms with Gasteiger partial charge in [-0.2, -0.15) is 4.99 Å². The second-order valence-electron chi connectivity index (χ2n) is 10.0. The van der Waals surface area contributed by atoms with E-state index >= 15 is 0 Å². The van der Waals surface area contributed by atoms with E-state index in [0.717, 1.165) is 36.2 Å². The van der Waals surface area contributed by atoms with Gasteiger partial charge in [-0.3, -0.25) is 0 Å². The number of halogens is 4. The number of urea groups is 1. The van der Waals surface area contributed by atoms with Crippen molar-refractivity contribution in [2.45, 2.75) is 32.5 Å². The van der Waals surface area contributed by atoms with Crippen molar-refractivity contribution in [1.29, 1.82) is 0 Å². The summed E-state index contributed by atoms with van der Waals surface area (Å²) in [6.45, 7) is 4.96. The van der Waals surface area contributed by atoms with Gasteiger partial charge in [-0.1, -0.05) is 68.1 Å². The average Bonchev–Trinajstić information content (AvgIpc) is 3.50. The molecule has 0 spiro atoms. The molecule has 0 unspecified atom stereocenters. The lowest BCUT2D eigenvalue weighted by molar-refractivity contribution is -0.274. The summed E-state index contributed by atoms with van der Waals surface area (Å²) in [5.74, 6) is 0.445. The van der Waals surface area contributed by atoms with Crippen molar-refractivity contribution in [2.24, 2.45) is 4.99 Å². The Morgan fingerprint density at radius 2 is 1.80 bits per heavy atom. The number of ether oxygens (including phenoxy) is 1. The van der Waals surface area contributed by atoms with Gasteiger partial charge in [0.2, 0.25) is 0 Å². The number of aliphatic imine (C=N–C) groups is 1. The van der Waals surface area contributed by atoms with Crippen LogP contribution >= 0.6 is 11.8 Å². The first-order valence-corrected chi connectivity index (χ1v) is 14.7. The third kappa shape index (κ3) is 7.64. The molecule has 1 aromatic heterocycles. The Morgan fingerprint density at radius 3 is 2.50 bits per heavy atom. The number of benzene rings is 3. The summed E-state index contributed by atoms with van der Waals surface area (Å²) in [5.41, 5.74) is 3.45. The number of para-hydroxylation sites is 1. The number of carbonyl (C=O) groups is 1. The van der Waals surface area contributed by atoms with E-state index in [1.54, 1.807) is 12.1 Å². The lowest BCUT2D eigenvalue weighted by Crippen LogP contribution is -2.36. The maximum absolute atomic E-state index is 14.9. The van der Waals surface area contributed by atoms with Crippen LogP contribution in [0.25, 0.3) is 22.9 Å². The number of amides is 2. The number of thioether (sulfide) groups is 1. The van der Waals surface area contributed by atoms with Crippen molar-refractivity contribution < 1.29 is 27.1 Å². The highest BCUT2D eigenvalue weighted by molar-refractivity contribution is 8.14. The second-order valence-corrected chi connectivity index (χ2v) is 11.1. The van der Waals surface area contributed by atoms with Crippen LogP contribution in [0, 0.1) is 0 Å². The zero-order chi connectivity index (χ0) is 31.3. The predicted molar refractivity (Wildman–Crippen MR) is 163 cm³/mol. The zero-order valence-electron chi connectivity index (χ0n) is 23.8. The molecule has 0 bridgehead atoms. The molecule has 2 amide bonds. The normalized spacial score (nSPS) is 15.1. The summed E-state index contributed by atoms with van der Waals surface area (Å²) in [6.07, 6.45) is -1.45. The molecular weight excluding hydrogens is 596 g/mol. The van der Waals surface area contributed by atoms with Crippen molar-refractivity contribution >= 4 is 34.5 Å². The standard InChI is InChI=1S/C31H28F4N6O2S/c1-20(2)25-6-3-4-7-27(25)40-16-5-17-44-30(40)38-29(42)36-18-26(32)21-8-10-22(11-9-21)28-37-19-41(39-28)23-12-14-24(15-13-23)43-31(33,34)35/h3-4,6-15,18-20H,5,16-17H2,1-2H3,(H,36,42)/b26-18-,38-30?. The number of aromatic nitrogens is 3. The second kappa shape index (κ2) is 13.3. The minimum atomic E-state index is -4.78. The number of alkyl halides is 3. The first kappa shape index (κ1) is 30.8. The molecule has 0 atom stereocenters. The lowest BCUT2D eigenvalue weighted by atomic mass is 10.0. The van der Waals surface area contributed by atoms with Crippen LogP contribution < -0.4 is 15.0 Å². The first-order valence-electron chi connectivity index (χ1n) is 13.7. The average molecular weight is 625 g/mol. The molecule has 5 rings (SSSR count). The Labute approximate surface area is 255 Å². The highest BCUT2D eigenvalue weighted by Crippen LogP contribution is 2.32. The van der Waals surface area contributed by atoms with Crippen LogP contribution in [0.4, 0.5) is 28.0 Å². The number of nitrogens with one attached hydrogen (secondary N) is 1. The molecule has 1 aliphatic heterocycles. The molecule has 1 N–H and O–H groups in total. The van der Waals surface area contributed by atoms with Crippen molar-refractivity contribution in [3.05, 3.63) is 96.5 Å². The quantitative estimate of drug-likeness (QED) is 0.210. The zero-order valence-corrected chi connectivity index (χ0v) is 24.6. The van der Waals surface area contributed by atoms with E-state index in [1.165, 1.54) is 59.2 Å². The summed E-state index contributed by atoms with van der Waals surface area (Å²) < 4.78 is 57.4. The van der Waals surface area contributed by atoms with Crippen molar-refractivity contribution in [3.63, 3.8) is 0 Å². The molecule has 13 heteroatoms. The number of hydrogen-bond acceptors (Lipinski definition) is 5. The fourth-order valence-electron chi connectivity index (χ4n) is 4.52. The highest BCUT2D eigenvalue weighted by atomic mass is 32.2. The smallest absolute Gasteiger partial charge is 0.406 e. The van der Waals surface area contributed by atoms with Crippen molar-refractivity contribution in [1.82, 2.24) is 20.1 Å². The predicted octanol–water partition coefficient (Wildman–Crippen LogP) is 7.93. The van der Waals surface area contributed by atoms with E-state index in [2.05, 4.69) is 45.0 Å². The molecule has 4 aromatic rings. The van der Waals surface area contributed by atoms with Crippen LogP contribution in [0.15, 0.2) is 90.3 Å². The van der Waals surface area contributed by atoms with Crippen LogP contribution in [0.2, 0.25) is 0 Å². The number of anilines is 1. The van der Waals surface area contributed by atoms with Crippen LogP contribution in [-0.4, -0.2) is 44.6 Å². The number of hydrogen-bond donors (Lipinski definition) is 1. The molecule has 1 aliphatic rings. The van der Waals surface area contributed by atoms with Crippen molar-refractivity contribution in [3.8, 4) is 22.8 Å². The van der Waals surface area contributed by atoms with Gasteiger partial charge in [0.1, 0.15) is 17.9 Å². The van der Waals surface area contributed by atoms with Gasteiger partial charge in [0, 0.05) is 35.3 Å². The minimum absolute atomic E-state index is 0.223. The van der Waals surface area contributed by atoms with Gasteiger partial charge >= 0.3 is 12.4 Å². The maximum Gasteiger partial charge on any atom is 0.573 e. The molecule has 2 heterocycles. The third-order valence-electron chi connectivity index (χ3n) is 6.60. The first-order chi connectivity index (χ1) is 21.1. The topological polar surface area (TPSA) is 84.6 Å². The fraction of sp³-hybridized carbons (Fsp3) is 0.226. The molecule has 228 valence electrons. The van der Waals surface area contributed by atoms with Crippen LogP contribution in [0.1, 0.15) is 37.3 Å². The Morgan fingerprint density at radius 1 is 1.07 bits per heavy atom. The van der Waals surface area contributed by atoms with E-state index in [9.17, 15) is 22.4 Å². The minimum Gasteiger partial charge on any atom is -0.406 e. The summed E-state index contributed by atoms with van der Waals surface area (Å²) >= 11 is 1.49. The van der Waals surface area contributed by atoms with E-state index in [1.807, 2.05) is 23.1 Å². The summed E-state index contributed by atoms with van der Waals surface area (Å²) in [5, 5.41) is 7.33. The van der Waals surface area contributed by atoms with Crippen molar-refractivity contribution in [2.75, 3.05) is 17.2 Å². The molecule has 0 radical (unpaired) electrons. The number of nitrogens with zero attached hydrogens (tertiary/aromatic N) is 5. The third-order valence-corrected chi connectivity index (χ3v) is 7.67. The molecule has 44 heavy (non-hydrogen) atoms. The van der Waals surface area contributed by atoms with Crippen LogP contribution in [-0.2, 0) is 0 Å². The SMILES string of the molecule is CC(C)c1ccccc1N1CCCSC1=NC(=O)N/C=C(\F)c1ccc(-c2ncn(-c3ccc(OC(F)(F)F)cc3)n2)cc1. The molecule has 8 nitrogen and oxygen atoms in total. The van der Waals surface area contributed by atoms with E-state index in [-0.39, 0.29) is 11.3 Å². The van der Waals surface area contributed by atoms with E-state index < -0.39 is 18.2 Å². The molecular formula is C31H28F4N6O2S. The van der Waals surface area contributed by atoms with Gasteiger partial charge in [-0.25, -0.2) is 18.9 Å². The van der Waals surface area contributed by atoms with Crippen LogP contribution in [0.3, 0.4) is 0 Å². The Bertz CT molecular complexity index is 1670. The summed E-state index contributed by atoms with van der Waals surface area (Å²) in [6, 6.07) is 18.8. The van der Waals surface area contributed by atoms with Crippen LogP contribution in [0.5, 0.6) is 5.75 Å². The maximum atomic E-state index is 14.9. The Kier molecular flexibility index (Phi) is 9.33. The summed E-state index contributed by atoms with van der Waals surface area (Å²) in [7, 11) is 0. The molecule has 1 fully saturated rings. The van der Waals surface area contributed by atoms with Gasteiger partial charge < -0.3 is 15.0 Å². The largest absolute Gasteiger partial charge is 0.573 e. The molecule has 0 saturated carbocycles. The number of amidine groups is 1. The molecule has 0 aliphatic carbocycles. The Balaban J connectivity index is 1.23. The van der Waals surface area contributed by atoms with Gasteiger partial charge in [0.25, 0.3) is 0 Å². The monoisotopic (exact) mass is 624 g/mol. The Hall–Kier alpha value is -4.65. The van der Waals surface area contributed by atoms with Gasteiger partial charge in [-0.05, 0) is 48.2 Å². The van der Waals surface area contributed by atoms with Gasteiger partial charge in [-0.15, -0.1) is 18.3 Å². The van der Waals surface area contributed by atoms with E-state index in [0.29, 0.717) is 28.2 Å². The highest BCUT2D eigenvalue weighted by Gasteiger charge is 2.31. The fourth-order valence-corrected chi connectivity index (χ4v) is 5.47. The summed E-state index contributed by atoms with van der Waals surface area (Å²) in [4.78, 5) is 23.2. The number of rotatable bonds is 7. The molecule has 3 aromatic carbocycles. The lowest BCUT2D eigenvalue weighted by Gasteiger charge is -2.31. The van der Waals surface area contributed by atoms with E-state index in [4.69, 9.17) is 0 Å². The molecule has 1 saturated heterocycles. The van der Waals surface area contributed by atoms with Gasteiger partial charge in [0.05, 0.1) is 5.69 Å². The number of carbonyl (C=O) groups excluding carboxylic acids is 1. The van der Waals surface area contributed by atoms with Gasteiger partial charge in [0.15, 0.2) is 11.0 Å².